The largest absolute Gasteiger partial charge is 0.508 e. The van der Waals surface area contributed by atoms with Gasteiger partial charge >= 0.3 is 0 Å². The van der Waals surface area contributed by atoms with Crippen LogP contribution in [0.4, 0.5) is 5.69 Å². The van der Waals surface area contributed by atoms with E-state index in [-0.39, 0.29) is 17.4 Å². The molecule has 2 rings (SSSR count). The van der Waals surface area contributed by atoms with Crippen LogP contribution in [-0.2, 0) is 0 Å². The predicted molar refractivity (Wildman–Crippen MR) is 62.0 cm³/mol. The van der Waals surface area contributed by atoms with Crippen LogP contribution >= 0.6 is 0 Å². The van der Waals surface area contributed by atoms with E-state index in [4.69, 9.17) is 4.42 Å². The lowest BCUT2D eigenvalue weighted by Crippen LogP contribution is -2.13. The van der Waals surface area contributed by atoms with Gasteiger partial charge in [0.15, 0.2) is 6.39 Å². The maximum atomic E-state index is 11.8. The van der Waals surface area contributed by atoms with Gasteiger partial charge in [-0.3, -0.25) is 4.79 Å². The number of oxazole rings is 1. The number of phenols is 1. The molecule has 2 aromatic rings. The fraction of sp³-hybridized carbons (Fsp3) is 0.167. The molecule has 1 aromatic carbocycles. The van der Waals surface area contributed by atoms with Crippen LogP contribution in [0.3, 0.4) is 0 Å². The van der Waals surface area contributed by atoms with E-state index in [1.165, 1.54) is 12.5 Å². The third-order valence-electron chi connectivity index (χ3n) is 2.41. The first-order valence-electron chi connectivity index (χ1n) is 5.09. The number of phenolic OH excluding ortho intramolecular Hbond substituents is 1. The van der Waals surface area contributed by atoms with Crippen LogP contribution in [0.5, 0.6) is 5.75 Å². The van der Waals surface area contributed by atoms with Gasteiger partial charge in [-0.2, -0.15) is 0 Å². The maximum Gasteiger partial charge on any atom is 0.293 e. The van der Waals surface area contributed by atoms with E-state index in [1.54, 1.807) is 26.0 Å². The first-order valence-corrected chi connectivity index (χ1v) is 5.09. The van der Waals surface area contributed by atoms with Crippen LogP contribution in [0.1, 0.15) is 21.8 Å². The van der Waals surface area contributed by atoms with E-state index in [0.717, 1.165) is 5.56 Å². The number of carbonyl (C=O) groups excluding carboxylic acids is 1. The zero-order valence-electron chi connectivity index (χ0n) is 9.52. The van der Waals surface area contributed by atoms with Crippen molar-refractivity contribution in [3.63, 3.8) is 0 Å². The van der Waals surface area contributed by atoms with Crippen LogP contribution in [0.25, 0.3) is 0 Å². The fourth-order valence-electron chi connectivity index (χ4n) is 1.49. The van der Waals surface area contributed by atoms with E-state index in [0.29, 0.717) is 11.4 Å². The monoisotopic (exact) mass is 232 g/mol. The molecule has 0 aliphatic rings. The molecule has 0 bridgehead atoms. The number of nitrogens with zero attached hydrogens (tertiary/aromatic N) is 1. The van der Waals surface area contributed by atoms with Crippen molar-refractivity contribution >= 4 is 11.6 Å². The Balaban J connectivity index is 2.22. The lowest BCUT2D eigenvalue weighted by atomic mass is 10.2. The molecule has 17 heavy (non-hydrogen) atoms. The van der Waals surface area contributed by atoms with Gasteiger partial charge in [0, 0.05) is 5.69 Å². The van der Waals surface area contributed by atoms with Crippen molar-refractivity contribution in [2.45, 2.75) is 13.8 Å². The molecule has 5 nitrogen and oxygen atoms in total. The van der Waals surface area contributed by atoms with E-state index < -0.39 is 0 Å². The summed E-state index contributed by atoms with van der Waals surface area (Å²) in [6.45, 7) is 3.49. The number of amides is 1. The van der Waals surface area contributed by atoms with Gasteiger partial charge in [-0.25, -0.2) is 4.98 Å². The molecule has 2 N–H and O–H groups in total. The number of aromatic hydroxyl groups is 1. The highest BCUT2D eigenvalue weighted by Gasteiger charge is 2.14. The quantitative estimate of drug-likeness (QED) is 0.778. The van der Waals surface area contributed by atoms with Gasteiger partial charge in [-0.05, 0) is 37.6 Å². The molecule has 0 saturated carbocycles. The zero-order valence-corrected chi connectivity index (χ0v) is 9.52. The van der Waals surface area contributed by atoms with Crippen LogP contribution < -0.4 is 5.32 Å². The molecule has 5 heteroatoms. The number of aromatic nitrogens is 1. The molecule has 88 valence electrons. The Morgan fingerprint density at radius 3 is 2.76 bits per heavy atom. The molecular formula is C12H12N2O3. The highest BCUT2D eigenvalue weighted by Crippen LogP contribution is 2.21. The third-order valence-corrected chi connectivity index (χ3v) is 2.41. The highest BCUT2D eigenvalue weighted by molar-refractivity contribution is 6.03. The van der Waals surface area contributed by atoms with Crippen molar-refractivity contribution in [3.8, 4) is 5.75 Å². The number of benzene rings is 1. The normalized spacial score (nSPS) is 10.2. The summed E-state index contributed by atoms with van der Waals surface area (Å²) < 4.78 is 4.99. The highest BCUT2D eigenvalue weighted by atomic mass is 16.3. The minimum Gasteiger partial charge on any atom is -0.508 e. The second-order valence-electron chi connectivity index (χ2n) is 3.72. The smallest absolute Gasteiger partial charge is 0.293 e. The van der Waals surface area contributed by atoms with E-state index in [2.05, 4.69) is 10.3 Å². The summed E-state index contributed by atoms with van der Waals surface area (Å²) >= 11 is 0. The molecule has 0 saturated heterocycles. The molecule has 1 amide bonds. The number of nitrogens with one attached hydrogen (secondary N) is 1. The maximum absolute atomic E-state index is 11.8. The van der Waals surface area contributed by atoms with Crippen LogP contribution in [-0.4, -0.2) is 16.0 Å². The molecule has 1 heterocycles. The van der Waals surface area contributed by atoms with Crippen LogP contribution in [0.2, 0.25) is 0 Å². The molecule has 0 fully saturated rings. The summed E-state index contributed by atoms with van der Waals surface area (Å²) in [5.74, 6) is 0.00242. The van der Waals surface area contributed by atoms with E-state index in [1.807, 2.05) is 0 Å². The van der Waals surface area contributed by atoms with E-state index in [9.17, 15) is 9.90 Å². The molecular weight excluding hydrogens is 220 g/mol. The van der Waals surface area contributed by atoms with Gasteiger partial charge in [0.1, 0.15) is 5.75 Å². The van der Waals surface area contributed by atoms with E-state index >= 15 is 0 Å². The molecule has 0 radical (unpaired) electrons. The second-order valence-corrected chi connectivity index (χ2v) is 3.72. The molecule has 0 spiro atoms. The Morgan fingerprint density at radius 2 is 2.18 bits per heavy atom. The Labute approximate surface area is 98.1 Å². The lowest BCUT2D eigenvalue weighted by molar-refractivity contribution is 0.0995. The van der Waals surface area contributed by atoms with Crippen LogP contribution in [0.15, 0.2) is 29.0 Å². The predicted octanol–water partition coefficient (Wildman–Crippen LogP) is 2.25. The Morgan fingerprint density at radius 1 is 1.41 bits per heavy atom. The minimum absolute atomic E-state index is 0.163. The lowest BCUT2D eigenvalue weighted by Gasteiger charge is -2.07. The summed E-state index contributed by atoms with van der Waals surface area (Å²) in [5.41, 5.74) is 1.94. The number of carbonyl (C=O) groups is 1. The topological polar surface area (TPSA) is 75.4 Å². The Hall–Kier alpha value is -2.30. The standard InChI is InChI=1S/C12H12N2O3/c1-7-5-9(15)3-4-10(7)14-12(16)11-8(2)13-6-17-11/h3-6,15H,1-2H3,(H,14,16). The van der Waals surface area contributed by atoms with Crippen LogP contribution in [0, 0.1) is 13.8 Å². The Bertz CT molecular complexity index is 561. The summed E-state index contributed by atoms with van der Waals surface area (Å²) in [4.78, 5) is 15.7. The minimum atomic E-state index is -0.353. The molecule has 0 aliphatic carbocycles. The van der Waals surface area contributed by atoms with Crippen molar-refractivity contribution in [1.82, 2.24) is 4.98 Å². The molecule has 1 aromatic heterocycles. The third kappa shape index (κ3) is 2.28. The summed E-state index contributed by atoms with van der Waals surface area (Å²) in [5, 5.41) is 12.0. The summed E-state index contributed by atoms with van der Waals surface area (Å²) in [6.07, 6.45) is 1.23. The SMILES string of the molecule is Cc1cc(O)ccc1NC(=O)c1ocnc1C. The van der Waals surface area contributed by atoms with Gasteiger partial charge < -0.3 is 14.8 Å². The second kappa shape index (κ2) is 4.29. The number of aryl methyl sites for hydroxylation is 2. The molecule has 0 atom stereocenters. The average molecular weight is 232 g/mol. The number of anilines is 1. The van der Waals surface area contributed by atoms with Crippen molar-refractivity contribution in [3.05, 3.63) is 41.6 Å². The first-order chi connectivity index (χ1) is 8.08. The zero-order chi connectivity index (χ0) is 12.4. The fourth-order valence-corrected chi connectivity index (χ4v) is 1.49. The van der Waals surface area contributed by atoms with Gasteiger partial charge in [-0.15, -0.1) is 0 Å². The summed E-state index contributed by atoms with van der Waals surface area (Å²) in [7, 11) is 0. The summed E-state index contributed by atoms with van der Waals surface area (Å²) in [6, 6.07) is 4.72. The Kier molecular flexibility index (Phi) is 2.82. The van der Waals surface area contributed by atoms with Gasteiger partial charge in [0.25, 0.3) is 5.91 Å². The number of rotatable bonds is 2. The van der Waals surface area contributed by atoms with Crippen molar-refractivity contribution in [2.75, 3.05) is 5.32 Å². The molecule has 0 aliphatic heterocycles. The van der Waals surface area contributed by atoms with Gasteiger partial charge in [0.05, 0.1) is 5.69 Å². The van der Waals surface area contributed by atoms with Gasteiger partial charge in [0.2, 0.25) is 5.76 Å². The number of hydrogen-bond donors (Lipinski definition) is 2. The number of hydrogen-bond acceptors (Lipinski definition) is 4. The van der Waals surface area contributed by atoms with Crippen molar-refractivity contribution < 1.29 is 14.3 Å². The van der Waals surface area contributed by atoms with Crippen molar-refractivity contribution in [2.24, 2.45) is 0 Å². The molecule has 0 unspecified atom stereocenters. The van der Waals surface area contributed by atoms with Gasteiger partial charge in [-0.1, -0.05) is 0 Å². The first kappa shape index (κ1) is 11.2. The average Bonchev–Trinajstić information content (AvgIpc) is 2.68. The van der Waals surface area contributed by atoms with Crippen molar-refractivity contribution in [1.29, 1.82) is 0 Å².